The van der Waals surface area contributed by atoms with Crippen LogP contribution < -0.4 is 20.8 Å². The molecular weight excluding hydrogens is 510 g/mol. The molecule has 0 radical (unpaired) electrons. The van der Waals surface area contributed by atoms with Crippen LogP contribution >= 0.6 is 0 Å². The third-order valence-corrected chi connectivity index (χ3v) is 7.35. The Kier molecular flexibility index (Phi) is 6.75. The standard InChI is InChI=1S/C24H27N9O4S/c1-4-13(2)33-22-17(11-28-20(32-22)18-19(14-5-6-14)29-12-30-23(18)37-3)31-21(24(33)34)27-9-15-7-8-16(10-26-15)38(25,35)36/h7-8,10-14H,4-6,9H2,1-3H3,(H,27,31)(H2,25,35,36). The molecule has 1 atom stereocenters. The summed E-state index contributed by atoms with van der Waals surface area (Å²) in [6.45, 7) is 4.05. The number of ether oxygens (including phenoxy) is 1. The number of methoxy groups -OCH3 is 1. The third kappa shape index (κ3) is 4.91. The summed E-state index contributed by atoms with van der Waals surface area (Å²) in [7, 11) is -2.31. The van der Waals surface area contributed by atoms with E-state index >= 15 is 0 Å². The minimum absolute atomic E-state index is 0.0950. The summed E-state index contributed by atoms with van der Waals surface area (Å²) in [6, 6.07) is 2.70. The number of aromatic nitrogens is 7. The van der Waals surface area contributed by atoms with Crippen LogP contribution in [0.5, 0.6) is 5.88 Å². The summed E-state index contributed by atoms with van der Waals surface area (Å²) in [4.78, 5) is 40.1. The Bertz CT molecular complexity index is 1670. The molecule has 4 aromatic heterocycles. The molecule has 1 saturated carbocycles. The summed E-state index contributed by atoms with van der Waals surface area (Å²) in [5, 5.41) is 8.14. The fourth-order valence-electron chi connectivity index (χ4n) is 4.10. The zero-order chi connectivity index (χ0) is 27.0. The number of sulfonamides is 1. The molecule has 1 aliphatic rings. The minimum Gasteiger partial charge on any atom is -0.480 e. The Balaban J connectivity index is 1.56. The second kappa shape index (κ2) is 10.0. The fourth-order valence-corrected chi connectivity index (χ4v) is 4.56. The van der Waals surface area contributed by atoms with Crippen LogP contribution in [0.25, 0.3) is 22.6 Å². The summed E-state index contributed by atoms with van der Waals surface area (Å²) in [6.07, 6.45) is 6.94. The van der Waals surface area contributed by atoms with Gasteiger partial charge in [0.05, 0.1) is 31.2 Å². The molecule has 0 aromatic carbocycles. The normalized spacial score (nSPS) is 14.4. The van der Waals surface area contributed by atoms with Crippen molar-refractivity contribution in [2.75, 3.05) is 12.4 Å². The van der Waals surface area contributed by atoms with Crippen molar-refractivity contribution >= 4 is 27.0 Å². The van der Waals surface area contributed by atoms with E-state index in [2.05, 4.69) is 30.2 Å². The maximum absolute atomic E-state index is 13.6. The van der Waals surface area contributed by atoms with Crippen molar-refractivity contribution in [3.05, 3.63) is 52.6 Å². The first-order valence-electron chi connectivity index (χ1n) is 12.1. The van der Waals surface area contributed by atoms with E-state index in [9.17, 15) is 13.2 Å². The fraction of sp³-hybridized carbons (Fsp3) is 0.375. The van der Waals surface area contributed by atoms with Crippen LogP contribution in [-0.4, -0.2) is 50.0 Å². The molecule has 0 aliphatic heterocycles. The Labute approximate surface area is 218 Å². The van der Waals surface area contributed by atoms with E-state index in [-0.39, 0.29) is 28.9 Å². The number of hydrogen-bond acceptors (Lipinski definition) is 11. The highest BCUT2D eigenvalue weighted by atomic mass is 32.2. The van der Waals surface area contributed by atoms with Gasteiger partial charge in [-0.25, -0.2) is 38.5 Å². The first-order chi connectivity index (χ1) is 18.2. The number of hydrogen-bond donors (Lipinski definition) is 2. The van der Waals surface area contributed by atoms with Crippen molar-refractivity contribution in [3.63, 3.8) is 0 Å². The van der Waals surface area contributed by atoms with E-state index in [1.807, 2.05) is 13.8 Å². The lowest BCUT2D eigenvalue weighted by Crippen LogP contribution is -2.28. The summed E-state index contributed by atoms with van der Waals surface area (Å²) >= 11 is 0. The van der Waals surface area contributed by atoms with Gasteiger partial charge in [-0.15, -0.1) is 0 Å². The summed E-state index contributed by atoms with van der Waals surface area (Å²) < 4.78 is 30.0. The largest absolute Gasteiger partial charge is 0.480 e. The first-order valence-corrected chi connectivity index (χ1v) is 13.7. The zero-order valence-corrected chi connectivity index (χ0v) is 21.9. The van der Waals surface area contributed by atoms with Crippen LogP contribution in [0, 0.1) is 0 Å². The smallest absolute Gasteiger partial charge is 0.295 e. The Morgan fingerprint density at radius 1 is 1.16 bits per heavy atom. The van der Waals surface area contributed by atoms with Gasteiger partial charge in [-0.3, -0.25) is 14.3 Å². The van der Waals surface area contributed by atoms with E-state index in [1.54, 1.807) is 10.8 Å². The van der Waals surface area contributed by atoms with E-state index in [4.69, 9.17) is 14.9 Å². The van der Waals surface area contributed by atoms with Crippen LogP contribution in [0.4, 0.5) is 5.82 Å². The predicted molar refractivity (Wildman–Crippen MR) is 139 cm³/mol. The Morgan fingerprint density at radius 3 is 2.58 bits per heavy atom. The van der Waals surface area contributed by atoms with E-state index in [0.717, 1.165) is 18.5 Å². The van der Waals surface area contributed by atoms with Crippen molar-refractivity contribution in [1.29, 1.82) is 0 Å². The molecule has 14 heteroatoms. The molecule has 1 unspecified atom stereocenters. The SMILES string of the molecule is CCC(C)n1c(=O)c(NCc2ccc(S(N)(=O)=O)cn2)nc2cnc(-c3c(OC)ncnc3C3CC3)nc21. The van der Waals surface area contributed by atoms with Crippen LogP contribution in [-0.2, 0) is 16.6 Å². The number of fused-ring (bicyclic) bond motifs is 1. The van der Waals surface area contributed by atoms with Crippen molar-refractivity contribution in [3.8, 4) is 17.3 Å². The van der Waals surface area contributed by atoms with Crippen LogP contribution in [0.15, 0.2) is 40.5 Å². The number of anilines is 1. The molecule has 5 rings (SSSR count). The second-order valence-electron chi connectivity index (χ2n) is 9.10. The highest BCUT2D eigenvalue weighted by Crippen LogP contribution is 2.44. The highest BCUT2D eigenvalue weighted by molar-refractivity contribution is 7.89. The van der Waals surface area contributed by atoms with Gasteiger partial charge >= 0.3 is 0 Å². The van der Waals surface area contributed by atoms with Gasteiger partial charge in [-0.1, -0.05) is 6.92 Å². The Morgan fingerprint density at radius 2 is 1.95 bits per heavy atom. The van der Waals surface area contributed by atoms with Gasteiger partial charge < -0.3 is 10.1 Å². The van der Waals surface area contributed by atoms with Gasteiger partial charge in [0, 0.05) is 18.2 Å². The number of pyridine rings is 1. The highest BCUT2D eigenvalue weighted by Gasteiger charge is 2.31. The maximum Gasteiger partial charge on any atom is 0.295 e. The van der Waals surface area contributed by atoms with Gasteiger partial charge in [0.1, 0.15) is 22.3 Å². The molecule has 198 valence electrons. The molecule has 0 spiro atoms. The lowest BCUT2D eigenvalue weighted by molar-refractivity contribution is 0.397. The number of nitrogens with zero attached hydrogens (tertiary/aromatic N) is 7. The summed E-state index contributed by atoms with van der Waals surface area (Å²) in [5.41, 5.74) is 2.43. The zero-order valence-electron chi connectivity index (χ0n) is 21.1. The molecule has 3 N–H and O–H groups in total. The molecule has 0 amide bonds. The lowest BCUT2D eigenvalue weighted by Gasteiger charge is -2.18. The number of primary sulfonamides is 1. The van der Waals surface area contributed by atoms with Crippen LogP contribution in [0.2, 0.25) is 0 Å². The van der Waals surface area contributed by atoms with Crippen molar-refractivity contribution < 1.29 is 13.2 Å². The van der Waals surface area contributed by atoms with Crippen LogP contribution in [0.3, 0.4) is 0 Å². The molecule has 4 heterocycles. The number of nitrogens with one attached hydrogen (secondary N) is 1. The first kappa shape index (κ1) is 25.6. The van der Waals surface area contributed by atoms with E-state index < -0.39 is 10.0 Å². The monoisotopic (exact) mass is 537 g/mol. The molecule has 1 aliphatic carbocycles. The predicted octanol–water partition coefficient (Wildman–Crippen LogP) is 2.15. The van der Waals surface area contributed by atoms with Crippen molar-refractivity contribution in [1.82, 2.24) is 34.5 Å². The van der Waals surface area contributed by atoms with Crippen molar-refractivity contribution in [2.45, 2.75) is 56.5 Å². The quantitative estimate of drug-likeness (QED) is 0.319. The molecular formula is C24H27N9O4S. The number of nitrogens with two attached hydrogens (primary N) is 1. The molecule has 0 saturated heterocycles. The lowest BCUT2D eigenvalue weighted by atomic mass is 10.1. The van der Waals surface area contributed by atoms with Gasteiger partial charge in [0.15, 0.2) is 17.3 Å². The Hall–Kier alpha value is -4.04. The van der Waals surface area contributed by atoms with Gasteiger partial charge in [0.25, 0.3) is 5.56 Å². The second-order valence-corrected chi connectivity index (χ2v) is 10.7. The van der Waals surface area contributed by atoms with Crippen molar-refractivity contribution in [2.24, 2.45) is 5.14 Å². The molecule has 38 heavy (non-hydrogen) atoms. The third-order valence-electron chi connectivity index (χ3n) is 6.45. The minimum atomic E-state index is -3.85. The van der Waals surface area contributed by atoms with Gasteiger partial charge in [0.2, 0.25) is 15.9 Å². The topological polar surface area (TPSA) is 181 Å². The van der Waals surface area contributed by atoms with Gasteiger partial charge in [-0.05, 0) is 38.3 Å². The number of rotatable bonds is 9. The summed E-state index contributed by atoms with van der Waals surface area (Å²) in [5.74, 6) is 1.15. The average molecular weight is 538 g/mol. The van der Waals surface area contributed by atoms with Crippen LogP contribution in [0.1, 0.15) is 56.5 Å². The van der Waals surface area contributed by atoms with Gasteiger partial charge in [-0.2, -0.15) is 0 Å². The average Bonchev–Trinajstić information content (AvgIpc) is 3.76. The molecule has 0 bridgehead atoms. The maximum atomic E-state index is 13.6. The molecule has 13 nitrogen and oxygen atoms in total. The van der Waals surface area contributed by atoms with E-state index in [1.165, 1.54) is 31.8 Å². The molecule has 1 fully saturated rings. The molecule has 4 aromatic rings. The van der Waals surface area contributed by atoms with E-state index in [0.29, 0.717) is 46.5 Å².